The van der Waals surface area contributed by atoms with E-state index < -0.39 is 108 Å². The number of nitrogens with one attached hydrogen (secondary N) is 2. The highest BCUT2D eigenvalue weighted by molar-refractivity contribution is 6.31. The zero-order valence-corrected chi connectivity index (χ0v) is 48.0. The average Bonchev–Trinajstić information content (AvgIpc) is 3.35. The molecule has 0 spiro atoms. The number of hydrogen-bond acceptors (Lipinski definition) is 17. The third-order valence-corrected chi connectivity index (χ3v) is 16.2. The van der Waals surface area contributed by atoms with Crippen LogP contribution in [0, 0.1) is 17.8 Å². The lowest BCUT2D eigenvalue weighted by atomic mass is 9.77. The highest BCUT2D eigenvalue weighted by Gasteiger charge is 2.54. The van der Waals surface area contributed by atoms with Crippen LogP contribution in [0.4, 0.5) is 9.59 Å². The van der Waals surface area contributed by atoms with Gasteiger partial charge in [-0.15, -0.1) is 0 Å². The molecule has 2 amide bonds. The van der Waals surface area contributed by atoms with Crippen LogP contribution < -0.4 is 10.6 Å². The highest BCUT2D eigenvalue weighted by Crippen LogP contribution is 2.41. The normalized spacial score (nSPS) is 37.3. The number of phenols is 1. The number of alkyl carbamates (subject to hydrolysis) is 2. The molecule has 0 bridgehead atoms. The van der Waals surface area contributed by atoms with Gasteiger partial charge in [-0.25, -0.2) is 9.59 Å². The van der Waals surface area contributed by atoms with Gasteiger partial charge in [-0.3, -0.25) is 9.69 Å². The van der Waals surface area contributed by atoms with Crippen molar-refractivity contribution in [2.24, 2.45) is 17.8 Å². The third-order valence-electron chi connectivity index (χ3n) is 15.8. The lowest BCUT2D eigenvalue weighted by Crippen LogP contribution is -2.61. The Morgan fingerprint density at radius 2 is 1.49 bits per heavy atom. The largest absolute Gasteiger partial charge is 0.508 e. The Bertz CT molecular complexity index is 2170. The Balaban J connectivity index is 1.49. The van der Waals surface area contributed by atoms with E-state index in [2.05, 4.69) is 10.6 Å². The number of carbonyl (C=O) groups excluding carboxylic acids is 3. The van der Waals surface area contributed by atoms with Gasteiger partial charge in [0, 0.05) is 56.2 Å². The van der Waals surface area contributed by atoms with Crippen LogP contribution in [0.1, 0.15) is 106 Å². The van der Waals surface area contributed by atoms with Crippen LogP contribution in [0.2, 0.25) is 5.02 Å². The number of halogens is 1. The summed E-state index contributed by atoms with van der Waals surface area (Å²) in [5.41, 5.74) is -3.07. The number of amides is 2. The quantitative estimate of drug-likeness (QED) is 0.0859. The van der Waals surface area contributed by atoms with Gasteiger partial charge in [-0.05, 0) is 137 Å². The van der Waals surface area contributed by atoms with Crippen molar-refractivity contribution in [2.45, 2.75) is 198 Å². The SMILES string of the molecule is CC[C@@H]1OC(=O)[C@H](C)[C@H](O[C@H]2C[C@@](C)(OC)[C@@H](OC(=O)NCCc3ccccc3Cl)[C@H](C)O2)[C@@H](C)[C@@H](O[C@@H]2O[C@H](C)C[C@H](N(C)C)[C@H]2O)[C@@](C)(O)C[C@@H](C)CN(C)[C@@H](C)[C@H](OC(=O)NCCc2ccc(O)cc2)[C@]1(C)O. The molecule has 3 fully saturated rings. The summed E-state index contributed by atoms with van der Waals surface area (Å²) in [6.07, 6.45) is -9.99. The number of methoxy groups -OCH3 is 1. The zero-order chi connectivity index (χ0) is 56.4. The molecular weight excluding hydrogens is 1000 g/mol. The van der Waals surface area contributed by atoms with Crippen LogP contribution in [0.5, 0.6) is 5.75 Å². The molecule has 3 aliphatic rings. The van der Waals surface area contributed by atoms with Gasteiger partial charge in [-0.1, -0.05) is 62.7 Å². The number of hydrogen-bond donors (Lipinski definition) is 6. The van der Waals surface area contributed by atoms with E-state index in [4.69, 9.17) is 49.5 Å². The summed E-state index contributed by atoms with van der Waals surface area (Å²) in [6.45, 7) is 18.3. The van der Waals surface area contributed by atoms with E-state index in [1.54, 1.807) is 71.9 Å². The number of carbonyl (C=O) groups is 3. The van der Waals surface area contributed by atoms with Crippen LogP contribution in [-0.2, 0) is 55.5 Å². The zero-order valence-electron chi connectivity index (χ0n) is 47.2. The number of aliphatic hydroxyl groups excluding tert-OH is 1. The first-order chi connectivity index (χ1) is 35.6. The standard InChI is InChI=1S/C56H89ClN4O15/c1-15-43-56(10,68)48(75-52(65)58-26-24-38-20-22-40(62)23-21-38)36(6)61(13)31-32(2)29-54(8,67)47(74-51-45(63)42(60(11)12)28-33(3)70-51)34(4)46(35(5)50(64)72-43)73-44-30-55(9,69-14)49(37(7)71-44)76-53(66)59-27-25-39-18-16-17-19-41(39)57/h16-23,32-37,42-49,51,62-63,67-68H,15,24-31H2,1-14H3,(H,58,65)(H,59,66)/t32-,33-,34-,35-,36+,37+,42+,43+,44+,45-,46-,47-,48+,49+,51+,54+,55-,56-/m1/s1. The number of phenolic OH excluding ortho intramolecular Hbond substituents is 1. The molecule has 0 saturated carbocycles. The minimum Gasteiger partial charge on any atom is -0.508 e. The molecule has 3 saturated heterocycles. The van der Waals surface area contributed by atoms with Crippen molar-refractivity contribution in [3.63, 3.8) is 0 Å². The predicted molar refractivity (Wildman–Crippen MR) is 286 cm³/mol. The summed E-state index contributed by atoms with van der Waals surface area (Å²) in [6, 6.07) is 13.0. The Kier molecular flexibility index (Phi) is 22.7. The summed E-state index contributed by atoms with van der Waals surface area (Å²) >= 11 is 6.34. The van der Waals surface area contributed by atoms with Gasteiger partial charge in [-0.2, -0.15) is 0 Å². The lowest BCUT2D eigenvalue weighted by molar-refractivity contribution is -0.317. The average molecular weight is 1090 g/mol. The summed E-state index contributed by atoms with van der Waals surface area (Å²) in [4.78, 5) is 45.8. The minimum absolute atomic E-state index is 0.0222. The second-order valence-corrected chi connectivity index (χ2v) is 22.9. The van der Waals surface area contributed by atoms with E-state index in [0.717, 1.165) is 11.1 Å². The van der Waals surface area contributed by atoms with Crippen molar-refractivity contribution in [1.29, 1.82) is 0 Å². The van der Waals surface area contributed by atoms with E-state index in [0.29, 0.717) is 30.8 Å². The number of ether oxygens (including phenoxy) is 8. The van der Waals surface area contributed by atoms with Crippen molar-refractivity contribution in [3.8, 4) is 5.75 Å². The molecule has 2 aromatic rings. The van der Waals surface area contributed by atoms with Crippen molar-refractivity contribution < 1.29 is 72.7 Å². The molecule has 3 aliphatic heterocycles. The number of nitrogens with zero attached hydrogens (tertiary/aromatic N) is 2. The molecule has 2 aromatic carbocycles. The molecule has 3 heterocycles. The lowest BCUT2D eigenvalue weighted by Gasteiger charge is -2.49. The van der Waals surface area contributed by atoms with Crippen LogP contribution >= 0.6 is 11.6 Å². The monoisotopic (exact) mass is 1090 g/mol. The topological polar surface area (TPSA) is 237 Å². The van der Waals surface area contributed by atoms with Gasteiger partial charge < -0.3 is 73.9 Å². The van der Waals surface area contributed by atoms with Crippen LogP contribution in [-0.4, -0.2) is 187 Å². The molecule has 0 aromatic heterocycles. The predicted octanol–water partition coefficient (Wildman–Crippen LogP) is 6.21. The van der Waals surface area contributed by atoms with E-state index in [9.17, 15) is 34.8 Å². The minimum atomic E-state index is -1.96. The molecule has 76 heavy (non-hydrogen) atoms. The molecule has 0 radical (unpaired) electrons. The summed E-state index contributed by atoms with van der Waals surface area (Å²) in [5, 5.41) is 53.3. The maximum atomic E-state index is 14.9. The first-order valence-corrected chi connectivity index (χ1v) is 27.3. The second-order valence-electron chi connectivity index (χ2n) is 22.5. The summed E-state index contributed by atoms with van der Waals surface area (Å²) in [7, 11) is 7.07. The molecule has 18 atom stereocenters. The molecule has 19 nitrogen and oxygen atoms in total. The van der Waals surface area contributed by atoms with Gasteiger partial charge in [0.05, 0.1) is 35.9 Å². The molecule has 0 unspecified atom stereocenters. The van der Waals surface area contributed by atoms with Crippen molar-refractivity contribution in [2.75, 3.05) is 47.9 Å². The van der Waals surface area contributed by atoms with Gasteiger partial charge in [0.15, 0.2) is 24.8 Å². The first kappa shape index (κ1) is 63.0. The molecule has 0 aliphatic carbocycles. The number of aliphatic hydroxyl groups is 3. The van der Waals surface area contributed by atoms with Gasteiger partial charge >= 0.3 is 18.2 Å². The van der Waals surface area contributed by atoms with Crippen molar-refractivity contribution in [3.05, 3.63) is 64.7 Å². The molecular formula is C56H89ClN4O15. The molecule has 5 rings (SSSR count). The summed E-state index contributed by atoms with van der Waals surface area (Å²) < 4.78 is 51.2. The maximum Gasteiger partial charge on any atom is 0.407 e. The van der Waals surface area contributed by atoms with E-state index >= 15 is 0 Å². The van der Waals surface area contributed by atoms with Gasteiger partial charge in [0.25, 0.3) is 0 Å². The van der Waals surface area contributed by atoms with E-state index in [1.165, 1.54) is 14.0 Å². The Morgan fingerprint density at radius 1 is 0.868 bits per heavy atom. The third kappa shape index (κ3) is 16.1. The number of rotatable bonds is 15. The van der Waals surface area contributed by atoms with Gasteiger partial charge in [0.1, 0.15) is 29.2 Å². The van der Waals surface area contributed by atoms with Crippen molar-refractivity contribution in [1.82, 2.24) is 20.4 Å². The van der Waals surface area contributed by atoms with Gasteiger partial charge in [0.2, 0.25) is 0 Å². The number of cyclic esters (lactones) is 1. The number of benzene rings is 2. The van der Waals surface area contributed by atoms with E-state index in [-0.39, 0.29) is 56.2 Å². The van der Waals surface area contributed by atoms with Crippen LogP contribution in [0.3, 0.4) is 0 Å². The number of esters is 1. The molecule has 20 heteroatoms. The molecule has 6 N–H and O–H groups in total. The first-order valence-electron chi connectivity index (χ1n) is 26.9. The number of likely N-dealkylation sites (N-methyl/N-ethyl adjacent to an activating group) is 2. The molecule has 430 valence electrons. The summed E-state index contributed by atoms with van der Waals surface area (Å²) in [5.74, 6) is -2.94. The smallest absolute Gasteiger partial charge is 0.407 e. The van der Waals surface area contributed by atoms with Crippen LogP contribution in [0.25, 0.3) is 0 Å². The fourth-order valence-corrected chi connectivity index (χ4v) is 11.7. The van der Waals surface area contributed by atoms with E-state index in [1.807, 2.05) is 69.9 Å². The van der Waals surface area contributed by atoms with Crippen LogP contribution in [0.15, 0.2) is 48.5 Å². The Hall–Kier alpha value is -3.86. The maximum absolute atomic E-state index is 14.9. The van der Waals surface area contributed by atoms with Crippen molar-refractivity contribution >= 4 is 29.8 Å². The Morgan fingerprint density at radius 3 is 2.09 bits per heavy atom. The highest BCUT2D eigenvalue weighted by atomic mass is 35.5. The second kappa shape index (κ2) is 27.3. The number of aromatic hydroxyl groups is 1. The fraction of sp³-hybridized carbons (Fsp3) is 0.732. The fourth-order valence-electron chi connectivity index (χ4n) is 11.4. The Labute approximate surface area is 455 Å².